The van der Waals surface area contributed by atoms with Crippen molar-refractivity contribution in [3.8, 4) is 17.2 Å². The monoisotopic (exact) mass is 545 g/mol. The lowest BCUT2D eigenvalue weighted by Gasteiger charge is -2.37. The first-order chi connectivity index (χ1) is 18.9. The average Bonchev–Trinajstić information content (AvgIpc) is 2.99. The van der Waals surface area contributed by atoms with E-state index in [1.54, 1.807) is 33.3 Å². The lowest BCUT2D eigenvalue weighted by Crippen LogP contribution is -2.49. The van der Waals surface area contributed by atoms with Gasteiger partial charge in [-0.25, -0.2) is 0 Å². The molecule has 0 spiro atoms. The number of methoxy groups -OCH3 is 3. The zero-order valence-corrected chi connectivity index (χ0v) is 23.3. The molecule has 2 aliphatic rings. The molecule has 5 rings (SSSR count). The molecular formula is C30H31N3O5S. The quantitative estimate of drug-likeness (QED) is 0.413. The summed E-state index contributed by atoms with van der Waals surface area (Å²) in [6.45, 7) is 2.65. The number of ether oxygens (including phenoxy) is 3. The second kappa shape index (κ2) is 11.3. The van der Waals surface area contributed by atoms with Crippen LogP contribution in [0.1, 0.15) is 15.9 Å². The second-order valence-corrected chi connectivity index (χ2v) is 10.3. The summed E-state index contributed by atoms with van der Waals surface area (Å²) < 4.78 is 16.2. The van der Waals surface area contributed by atoms with E-state index >= 15 is 0 Å². The van der Waals surface area contributed by atoms with E-state index in [0.29, 0.717) is 35.1 Å². The normalized spacial score (nSPS) is 16.3. The topological polar surface area (TPSA) is 71.6 Å². The minimum atomic E-state index is -0.127. The van der Waals surface area contributed by atoms with Gasteiger partial charge in [-0.3, -0.25) is 9.59 Å². The van der Waals surface area contributed by atoms with Crippen LogP contribution in [0, 0.1) is 0 Å². The third-order valence-corrected chi connectivity index (χ3v) is 8.08. The molecule has 2 heterocycles. The molecule has 2 amide bonds. The number of hydrogen-bond donors (Lipinski definition) is 0. The molecule has 0 N–H and O–H groups in total. The number of thioether (sulfide) groups is 1. The zero-order valence-electron chi connectivity index (χ0n) is 22.5. The molecule has 3 aromatic carbocycles. The number of nitrogens with zero attached hydrogens (tertiary/aromatic N) is 3. The molecule has 0 atom stereocenters. The fraction of sp³-hybridized carbons (Fsp3) is 0.267. The lowest BCUT2D eigenvalue weighted by atomic mass is 10.1. The van der Waals surface area contributed by atoms with Crippen molar-refractivity contribution < 1.29 is 23.8 Å². The molecule has 8 nitrogen and oxygen atoms in total. The van der Waals surface area contributed by atoms with Gasteiger partial charge in [-0.2, -0.15) is 0 Å². The highest BCUT2D eigenvalue weighted by Crippen LogP contribution is 2.42. The molecule has 2 aliphatic heterocycles. The maximum Gasteiger partial charge on any atom is 0.264 e. The Morgan fingerprint density at radius 1 is 0.821 bits per heavy atom. The number of para-hydroxylation sites is 2. The second-order valence-electron chi connectivity index (χ2n) is 9.22. The smallest absolute Gasteiger partial charge is 0.264 e. The van der Waals surface area contributed by atoms with Gasteiger partial charge < -0.3 is 28.9 Å². The SMILES string of the molecule is COc1ccc(C=C2Sc3ccc(C(=O)N4CCN(c5ccccc5OC)CC4)cc3N(C)C2=O)cc1OC. The van der Waals surface area contributed by atoms with Gasteiger partial charge in [0.05, 0.1) is 37.6 Å². The zero-order chi connectivity index (χ0) is 27.5. The Kier molecular flexibility index (Phi) is 7.70. The molecule has 0 unspecified atom stereocenters. The Labute approximate surface area is 232 Å². The fourth-order valence-corrected chi connectivity index (χ4v) is 5.94. The van der Waals surface area contributed by atoms with Gasteiger partial charge in [0.25, 0.3) is 11.8 Å². The molecule has 9 heteroatoms. The van der Waals surface area contributed by atoms with E-state index in [0.717, 1.165) is 40.7 Å². The number of fused-ring (bicyclic) bond motifs is 1. The summed E-state index contributed by atoms with van der Waals surface area (Å²) >= 11 is 1.40. The maximum atomic E-state index is 13.4. The van der Waals surface area contributed by atoms with Crippen molar-refractivity contribution in [3.05, 3.63) is 76.7 Å². The molecule has 0 aliphatic carbocycles. The summed E-state index contributed by atoms with van der Waals surface area (Å²) in [5.41, 5.74) is 3.18. The van der Waals surface area contributed by atoms with Crippen LogP contribution in [-0.2, 0) is 4.79 Å². The number of anilines is 2. The predicted molar refractivity (Wildman–Crippen MR) is 154 cm³/mol. The van der Waals surface area contributed by atoms with Crippen LogP contribution in [-0.4, -0.2) is 71.3 Å². The van der Waals surface area contributed by atoms with Gasteiger partial charge in [-0.15, -0.1) is 0 Å². The molecule has 0 radical (unpaired) electrons. The summed E-state index contributed by atoms with van der Waals surface area (Å²) in [4.78, 5) is 33.9. The van der Waals surface area contributed by atoms with Crippen LogP contribution >= 0.6 is 11.8 Å². The van der Waals surface area contributed by atoms with Crippen molar-refractivity contribution in [3.63, 3.8) is 0 Å². The number of carbonyl (C=O) groups excluding carboxylic acids is 2. The highest BCUT2D eigenvalue weighted by atomic mass is 32.2. The molecule has 39 heavy (non-hydrogen) atoms. The Balaban J connectivity index is 1.31. The van der Waals surface area contributed by atoms with Gasteiger partial charge in [0.15, 0.2) is 11.5 Å². The van der Waals surface area contributed by atoms with Gasteiger partial charge in [0, 0.05) is 43.7 Å². The number of benzene rings is 3. The van der Waals surface area contributed by atoms with Crippen LogP contribution in [0.15, 0.2) is 70.5 Å². The molecule has 0 saturated carbocycles. The third kappa shape index (κ3) is 5.27. The highest BCUT2D eigenvalue weighted by Gasteiger charge is 2.29. The van der Waals surface area contributed by atoms with E-state index in [4.69, 9.17) is 14.2 Å². The number of hydrogen-bond acceptors (Lipinski definition) is 7. The first-order valence-corrected chi connectivity index (χ1v) is 13.5. The summed E-state index contributed by atoms with van der Waals surface area (Å²) in [7, 11) is 6.58. The van der Waals surface area contributed by atoms with E-state index in [-0.39, 0.29) is 11.8 Å². The van der Waals surface area contributed by atoms with Crippen molar-refractivity contribution in [2.45, 2.75) is 4.90 Å². The van der Waals surface area contributed by atoms with Crippen molar-refractivity contribution in [1.82, 2.24) is 4.90 Å². The number of amides is 2. The largest absolute Gasteiger partial charge is 0.495 e. The minimum absolute atomic E-state index is 0.0324. The molecule has 1 fully saturated rings. The van der Waals surface area contributed by atoms with Crippen LogP contribution in [0.2, 0.25) is 0 Å². The third-order valence-electron chi connectivity index (χ3n) is 7.00. The van der Waals surface area contributed by atoms with Gasteiger partial charge >= 0.3 is 0 Å². The number of rotatable bonds is 6. The fourth-order valence-electron chi connectivity index (χ4n) is 4.84. The van der Waals surface area contributed by atoms with E-state index in [9.17, 15) is 9.59 Å². The van der Waals surface area contributed by atoms with Gasteiger partial charge in [0.2, 0.25) is 0 Å². The minimum Gasteiger partial charge on any atom is -0.495 e. The Hall–Kier alpha value is -4.11. The highest BCUT2D eigenvalue weighted by molar-refractivity contribution is 8.04. The summed E-state index contributed by atoms with van der Waals surface area (Å²) in [6, 6.07) is 19.1. The molecule has 1 saturated heterocycles. The first-order valence-electron chi connectivity index (χ1n) is 12.6. The number of likely N-dealkylation sites (N-methyl/N-ethyl adjacent to an activating group) is 1. The van der Waals surface area contributed by atoms with E-state index in [2.05, 4.69) is 4.90 Å². The molecule has 0 bridgehead atoms. The van der Waals surface area contributed by atoms with Gasteiger partial charge in [-0.05, 0) is 54.1 Å². The van der Waals surface area contributed by atoms with Crippen molar-refractivity contribution >= 4 is 41.0 Å². The van der Waals surface area contributed by atoms with Crippen molar-refractivity contribution in [2.24, 2.45) is 0 Å². The van der Waals surface area contributed by atoms with Crippen LogP contribution < -0.4 is 24.0 Å². The molecular weight excluding hydrogens is 514 g/mol. The van der Waals surface area contributed by atoms with Crippen LogP contribution in [0.3, 0.4) is 0 Å². The van der Waals surface area contributed by atoms with Crippen LogP contribution in [0.25, 0.3) is 6.08 Å². The summed E-state index contributed by atoms with van der Waals surface area (Å²) in [5, 5.41) is 0. The summed E-state index contributed by atoms with van der Waals surface area (Å²) in [6.07, 6.45) is 1.84. The standard InChI is InChI=1S/C30H31N3O5S/c1-31-23-19-21(29(34)33-15-13-32(14-16-33)22-7-5-6-8-24(22)36-2)10-12-27(23)39-28(30(31)35)18-20-9-11-25(37-3)26(17-20)38-4/h5-12,17-19H,13-16H2,1-4H3. The van der Waals surface area contributed by atoms with Gasteiger partial charge in [0.1, 0.15) is 5.75 Å². The molecule has 3 aromatic rings. The lowest BCUT2D eigenvalue weighted by molar-refractivity contribution is -0.114. The van der Waals surface area contributed by atoms with Crippen LogP contribution in [0.5, 0.6) is 17.2 Å². The number of piperazine rings is 1. The molecule has 202 valence electrons. The first kappa shape index (κ1) is 26.5. The van der Waals surface area contributed by atoms with E-state index < -0.39 is 0 Å². The number of carbonyl (C=O) groups is 2. The predicted octanol–water partition coefficient (Wildman–Crippen LogP) is 4.78. The van der Waals surface area contributed by atoms with Crippen molar-refractivity contribution in [2.75, 3.05) is 64.4 Å². The van der Waals surface area contributed by atoms with Gasteiger partial charge in [-0.1, -0.05) is 30.0 Å². The van der Waals surface area contributed by atoms with Crippen molar-refractivity contribution in [1.29, 1.82) is 0 Å². The van der Waals surface area contributed by atoms with E-state index in [1.165, 1.54) is 11.8 Å². The Bertz CT molecular complexity index is 1430. The average molecular weight is 546 g/mol. The maximum absolute atomic E-state index is 13.4. The van der Waals surface area contributed by atoms with Crippen LogP contribution in [0.4, 0.5) is 11.4 Å². The van der Waals surface area contributed by atoms with E-state index in [1.807, 2.05) is 71.6 Å². The Morgan fingerprint density at radius 3 is 2.26 bits per heavy atom. The summed E-state index contributed by atoms with van der Waals surface area (Å²) in [5.74, 6) is 1.90. The Morgan fingerprint density at radius 2 is 1.54 bits per heavy atom. The molecule has 0 aromatic heterocycles.